The fourth-order valence-corrected chi connectivity index (χ4v) is 2.50. The molecule has 0 amide bonds. The zero-order valence-corrected chi connectivity index (χ0v) is 8.86. The monoisotopic (exact) mass is 196 g/mol. The van der Waals surface area contributed by atoms with Gasteiger partial charge in [0.25, 0.3) is 0 Å². The van der Waals surface area contributed by atoms with E-state index in [2.05, 4.69) is 22.6 Å². The largest absolute Gasteiger partial charge is 0.316 e. The predicted molar refractivity (Wildman–Crippen MR) is 56.2 cm³/mol. The summed E-state index contributed by atoms with van der Waals surface area (Å²) in [5.41, 5.74) is 1.29. The van der Waals surface area contributed by atoms with Gasteiger partial charge in [-0.1, -0.05) is 13.3 Å². The van der Waals surface area contributed by atoms with Crippen LogP contribution in [0.25, 0.3) is 0 Å². The quantitative estimate of drug-likeness (QED) is 0.795. The molecule has 3 heteroatoms. The van der Waals surface area contributed by atoms with Gasteiger partial charge in [-0.2, -0.15) is 0 Å². The second-order valence-corrected chi connectivity index (χ2v) is 4.65. The van der Waals surface area contributed by atoms with E-state index < -0.39 is 0 Å². The van der Waals surface area contributed by atoms with E-state index in [4.69, 9.17) is 0 Å². The van der Waals surface area contributed by atoms with Crippen LogP contribution < -0.4 is 5.32 Å². The summed E-state index contributed by atoms with van der Waals surface area (Å²) in [6, 6.07) is 0. The number of rotatable bonds is 4. The molecule has 1 saturated heterocycles. The molecule has 0 radical (unpaired) electrons. The maximum atomic E-state index is 4.61. The standard InChI is InChI=1S/C10H16N2S/c1-2-3-9-7-13-10(12-9)4-8-5-11-6-8/h7-8,11H,2-6H2,1H3. The van der Waals surface area contributed by atoms with E-state index in [1.807, 2.05) is 11.3 Å². The number of nitrogens with zero attached hydrogens (tertiary/aromatic N) is 1. The zero-order chi connectivity index (χ0) is 9.10. The third-order valence-electron chi connectivity index (χ3n) is 2.43. The second kappa shape index (κ2) is 4.20. The Kier molecular flexibility index (Phi) is 2.96. The van der Waals surface area contributed by atoms with E-state index in [1.54, 1.807) is 0 Å². The van der Waals surface area contributed by atoms with Crippen molar-refractivity contribution in [1.29, 1.82) is 0 Å². The zero-order valence-electron chi connectivity index (χ0n) is 8.05. The van der Waals surface area contributed by atoms with Crippen LogP contribution in [0.1, 0.15) is 24.0 Å². The minimum absolute atomic E-state index is 0.848. The van der Waals surface area contributed by atoms with Gasteiger partial charge in [-0.15, -0.1) is 11.3 Å². The molecule has 1 aromatic heterocycles. The number of thiazole rings is 1. The molecule has 0 saturated carbocycles. The third-order valence-corrected chi connectivity index (χ3v) is 3.35. The topological polar surface area (TPSA) is 24.9 Å². The fourth-order valence-electron chi connectivity index (χ4n) is 1.55. The van der Waals surface area contributed by atoms with Gasteiger partial charge in [-0.25, -0.2) is 4.98 Å². The SMILES string of the molecule is CCCc1csc(CC2CNC2)n1. The number of aryl methyl sites for hydroxylation is 1. The van der Waals surface area contributed by atoms with Crippen LogP contribution in [0, 0.1) is 5.92 Å². The van der Waals surface area contributed by atoms with E-state index in [-0.39, 0.29) is 0 Å². The average Bonchev–Trinajstić information content (AvgIpc) is 2.46. The highest BCUT2D eigenvalue weighted by atomic mass is 32.1. The summed E-state index contributed by atoms with van der Waals surface area (Å²) in [6.07, 6.45) is 3.52. The molecule has 2 heterocycles. The fraction of sp³-hybridized carbons (Fsp3) is 0.700. The van der Waals surface area contributed by atoms with Crippen LogP contribution in [0.2, 0.25) is 0 Å². The Bertz CT molecular complexity index is 266. The summed E-state index contributed by atoms with van der Waals surface area (Å²) < 4.78 is 0. The molecule has 2 nitrogen and oxygen atoms in total. The summed E-state index contributed by atoms with van der Waals surface area (Å²) in [6.45, 7) is 4.57. The molecule has 0 aliphatic carbocycles. The van der Waals surface area contributed by atoms with E-state index in [0.29, 0.717) is 0 Å². The number of hydrogen-bond donors (Lipinski definition) is 1. The van der Waals surface area contributed by atoms with Crippen molar-refractivity contribution in [2.75, 3.05) is 13.1 Å². The maximum absolute atomic E-state index is 4.61. The molecule has 1 aromatic rings. The Labute approximate surface area is 83.4 Å². The molecule has 1 fully saturated rings. The Morgan fingerprint density at radius 2 is 2.46 bits per heavy atom. The lowest BCUT2D eigenvalue weighted by molar-refractivity contribution is 0.346. The highest BCUT2D eigenvalue weighted by Gasteiger charge is 2.18. The van der Waals surface area contributed by atoms with E-state index in [9.17, 15) is 0 Å². The van der Waals surface area contributed by atoms with Crippen LogP contribution in [-0.4, -0.2) is 18.1 Å². The van der Waals surface area contributed by atoms with Gasteiger partial charge in [-0.05, 0) is 25.4 Å². The van der Waals surface area contributed by atoms with Crippen molar-refractivity contribution >= 4 is 11.3 Å². The summed E-state index contributed by atoms with van der Waals surface area (Å²) in [4.78, 5) is 4.61. The molecule has 13 heavy (non-hydrogen) atoms. The summed E-state index contributed by atoms with van der Waals surface area (Å²) in [5.74, 6) is 0.848. The molecule has 1 N–H and O–H groups in total. The van der Waals surface area contributed by atoms with Crippen LogP contribution in [0.5, 0.6) is 0 Å². The first-order valence-electron chi connectivity index (χ1n) is 5.02. The van der Waals surface area contributed by atoms with E-state index >= 15 is 0 Å². The first-order valence-corrected chi connectivity index (χ1v) is 5.90. The molecule has 0 aromatic carbocycles. The van der Waals surface area contributed by atoms with E-state index in [0.717, 1.165) is 12.3 Å². The molecule has 0 atom stereocenters. The lowest BCUT2D eigenvalue weighted by Crippen LogP contribution is -2.43. The Hall–Kier alpha value is -0.410. The van der Waals surface area contributed by atoms with Gasteiger partial charge in [0.1, 0.15) is 0 Å². The lowest BCUT2D eigenvalue weighted by Gasteiger charge is -2.25. The molecule has 0 spiro atoms. The molecule has 72 valence electrons. The van der Waals surface area contributed by atoms with Crippen molar-refractivity contribution in [3.63, 3.8) is 0 Å². The molecular formula is C10H16N2S. The van der Waals surface area contributed by atoms with Crippen molar-refractivity contribution in [2.24, 2.45) is 5.92 Å². The Morgan fingerprint density at radius 1 is 1.62 bits per heavy atom. The van der Waals surface area contributed by atoms with Crippen LogP contribution in [0.4, 0.5) is 0 Å². The summed E-state index contributed by atoms with van der Waals surface area (Å²) in [5, 5.41) is 6.83. The molecule has 1 aliphatic rings. The minimum atomic E-state index is 0.848. The Balaban J connectivity index is 1.88. The van der Waals surface area contributed by atoms with Gasteiger partial charge in [0, 0.05) is 11.8 Å². The maximum Gasteiger partial charge on any atom is 0.0931 e. The highest BCUT2D eigenvalue weighted by molar-refractivity contribution is 7.09. The average molecular weight is 196 g/mol. The van der Waals surface area contributed by atoms with Crippen LogP contribution in [-0.2, 0) is 12.8 Å². The first-order chi connectivity index (χ1) is 6.38. The van der Waals surface area contributed by atoms with Crippen LogP contribution in [0.15, 0.2) is 5.38 Å². The molecule has 0 unspecified atom stereocenters. The smallest absolute Gasteiger partial charge is 0.0931 e. The van der Waals surface area contributed by atoms with Crippen LogP contribution >= 0.6 is 11.3 Å². The number of nitrogens with one attached hydrogen (secondary N) is 1. The highest BCUT2D eigenvalue weighted by Crippen LogP contribution is 2.17. The minimum Gasteiger partial charge on any atom is -0.316 e. The molecule has 2 rings (SSSR count). The van der Waals surface area contributed by atoms with Crippen molar-refractivity contribution < 1.29 is 0 Å². The van der Waals surface area contributed by atoms with Gasteiger partial charge in [0.2, 0.25) is 0 Å². The normalized spacial score (nSPS) is 17.3. The second-order valence-electron chi connectivity index (χ2n) is 3.71. The van der Waals surface area contributed by atoms with Crippen molar-refractivity contribution in [1.82, 2.24) is 10.3 Å². The first kappa shape index (κ1) is 9.16. The molecular weight excluding hydrogens is 180 g/mol. The molecule has 0 bridgehead atoms. The van der Waals surface area contributed by atoms with E-state index in [1.165, 1.54) is 36.6 Å². The third kappa shape index (κ3) is 2.29. The van der Waals surface area contributed by atoms with Gasteiger partial charge in [0.15, 0.2) is 0 Å². The van der Waals surface area contributed by atoms with Crippen molar-refractivity contribution in [3.05, 3.63) is 16.1 Å². The van der Waals surface area contributed by atoms with Gasteiger partial charge >= 0.3 is 0 Å². The van der Waals surface area contributed by atoms with Crippen molar-refractivity contribution in [3.8, 4) is 0 Å². The van der Waals surface area contributed by atoms with Gasteiger partial charge in [-0.3, -0.25) is 0 Å². The molecule has 1 aliphatic heterocycles. The lowest BCUT2D eigenvalue weighted by atomic mass is 10.0. The van der Waals surface area contributed by atoms with Crippen LogP contribution in [0.3, 0.4) is 0 Å². The van der Waals surface area contributed by atoms with Crippen molar-refractivity contribution in [2.45, 2.75) is 26.2 Å². The predicted octanol–water partition coefficient (Wildman–Crippen LogP) is 1.86. The number of aromatic nitrogens is 1. The van der Waals surface area contributed by atoms with Gasteiger partial charge < -0.3 is 5.32 Å². The summed E-state index contributed by atoms with van der Waals surface area (Å²) in [7, 11) is 0. The summed E-state index contributed by atoms with van der Waals surface area (Å²) >= 11 is 1.83. The Morgan fingerprint density at radius 3 is 3.08 bits per heavy atom. The van der Waals surface area contributed by atoms with Gasteiger partial charge in [0.05, 0.1) is 10.7 Å². The number of hydrogen-bond acceptors (Lipinski definition) is 3.